The highest BCUT2D eigenvalue weighted by Gasteiger charge is 2.14. The quantitative estimate of drug-likeness (QED) is 0.803. The van der Waals surface area contributed by atoms with Gasteiger partial charge in [-0.1, -0.05) is 19.1 Å². The molecule has 0 amide bonds. The van der Waals surface area contributed by atoms with Gasteiger partial charge in [-0.25, -0.2) is 0 Å². The van der Waals surface area contributed by atoms with Gasteiger partial charge in [0, 0.05) is 23.2 Å². The number of hydrogen-bond donors (Lipinski definition) is 2. The van der Waals surface area contributed by atoms with Gasteiger partial charge in [0.25, 0.3) is 5.56 Å². The van der Waals surface area contributed by atoms with Crippen molar-refractivity contribution in [1.29, 1.82) is 0 Å². The van der Waals surface area contributed by atoms with Crippen LogP contribution in [0.15, 0.2) is 23.0 Å². The largest absolute Gasteiger partial charge is 0.493 e. The van der Waals surface area contributed by atoms with Gasteiger partial charge >= 0.3 is 0 Å². The second kappa shape index (κ2) is 7.26. The predicted octanol–water partition coefficient (Wildman–Crippen LogP) is 3.13. The molecule has 6 heteroatoms. The third-order valence-electron chi connectivity index (χ3n) is 3.35. The Labute approximate surface area is 134 Å². The van der Waals surface area contributed by atoms with Crippen LogP contribution in [-0.2, 0) is 6.42 Å². The molecule has 1 aromatic heterocycles. The zero-order valence-corrected chi connectivity index (χ0v) is 13.8. The van der Waals surface area contributed by atoms with E-state index in [0.29, 0.717) is 34.9 Å². The van der Waals surface area contributed by atoms with Crippen molar-refractivity contribution in [2.24, 2.45) is 0 Å². The average molecular weight is 320 g/mol. The number of rotatable bonds is 6. The van der Waals surface area contributed by atoms with Gasteiger partial charge in [0.15, 0.2) is 16.3 Å². The highest BCUT2D eigenvalue weighted by molar-refractivity contribution is 7.71. The number of aryl methyl sites for hydroxylation is 1. The van der Waals surface area contributed by atoms with Crippen LogP contribution in [0.1, 0.15) is 30.2 Å². The molecule has 2 aromatic rings. The van der Waals surface area contributed by atoms with E-state index in [1.165, 1.54) is 0 Å². The van der Waals surface area contributed by atoms with Crippen molar-refractivity contribution in [2.75, 3.05) is 13.7 Å². The van der Waals surface area contributed by atoms with E-state index in [1.807, 2.05) is 32.0 Å². The summed E-state index contributed by atoms with van der Waals surface area (Å²) in [7, 11) is 1.61. The lowest BCUT2D eigenvalue weighted by molar-refractivity contribution is 0.291. The van der Waals surface area contributed by atoms with Crippen molar-refractivity contribution in [2.45, 2.75) is 26.7 Å². The number of ether oxygens (including phenoxy) is 2. The summed E-state index contributed by atoms with van der Waals surface area (Å²) >= 11 is 4.98. The Morgan fingerprint density at radius 3 is 2.68 bits per heavy atom. The Bertz CT molecular complexity index is 765. The smallest absolute Gasteiger partial charge is 0.255 e. The molecule has 0 spiro atoms. The van der Waals surface area contributed by atoms with Crippen molar-refractivity contribution in [1.82, 2.24) is 9.97 Å². The summed E-state index contributed by atoms with van der Waals surface area (Å²) in [6.07, 6.45) is 1.35. The van der Waals surface area contributed by atoms with Crippen LogP contribution in [0.4, 0.5) is 0 Å². The van der Waals surface area contributed by atoms with Gasteiger partial charge in [0.1, 0.15) is 0 Å². The van der Waals surface area contributed by atoms with E-state index >= 15 is 0 Å². The zero-order chi connectivity index (χ0) is 16.1. The number of nitrogens with one attached hydrogen (secondary N) is 2. The van der Waals surface area contributed by atoms with E-state index in [-0.39, 0.29) is 5.56 Å². The Morgan fingerprint density at radius 2 is 2.05 bits per heavy atom. The first-order chi connectivity index (χ1) is 10.6. The number of hydrogen-bond acceptors (Lipinski definition) is 4. The van der Waals surface area contributed by atoms with Crippen LogP contribution in [0.3, 0.4) is 0 Å². The summed E-state index contributed by atoms with van der Waals surface area (Å²) in [6.45, 7) is 4.48. The molecule has 0 unspecified atom stereocenters. The molecule has 5 nitrogen and oxygen atoms in total. The molecule has 2 N–H and O–H groups in total. The summed E-state index contributed by atoms with van der Waals surface area (Å²) < 4.78 is 11.5. The fourth-order valence-electron chi connectivity index (χ4n) is 2.26. The summed E-state index contributed by atoms with van der Waals surface area (Å²) in [6, 6.07) is 5.68. The topological polar surface area (TPSA) is 67.1 Å². The highest BCUT2D eigenvalue weighted by Crippen LogP contribution is 2.32. The maximum Gasteiger partial charge on any atom is 0.255 e. The zero-order valence-electron chi connectivity index (χ0n) is 13.0. The minimum atomic E-state index is -0.175. The Kier molecular flexibility index (Phi) is 5.38. The fourth-order valence-corrected chi connectivity index (χ4v) is 2.50. The van der Waals surface area contributed by atoms with Crippen LogP contribution in [0.2, 0.25) is 0 Å². The first-order valence-electron chi connectivity index (χ1n) is 7.17. The molecule has 2 rings (SSSR count). The first kappa shape index (κ1) is 16.3. The molecule has 0 bridgehead atoms. The van der Waals surface area contributed by atoms with Crippen LogP contribution < -0.4 is 15.0 Å². The standard InChI is InChI=1S/C16H20N2O3S/c1-4-8-21-14-11(6-5-7-13(14)20-3)9-12-10(2)17-16(22)18-15(12)19/h5-7H,4,8-9H2,1-3H3,(H2,17,18,19,22). The van der Waals surface area contributed by atoms with E-state index in [2.05, 4.69) is 9.97 Å². The van der Waals surface area contributed by atoms with E-state index in [0.717, 1.165) is 17.7 Å². The molecule has 0 aliphatic rings. The van der Waals surface area contributed by atoms with Gasteiger partial charge in [-0.2, -0.15) is 0 Å². The molecule has 118 valence electrons. The minimum absolute atomic E-state index is 0.175. The molecule has 0 atom stereocenters. The third-order valence-corrected chi connectivity index (χ3v) is 3.56. The minimum Gasteiger partial charge on any atom is -0.493 e. The number of H-pyrrole nitrogens is 2. The predicted molar refractivity (Wildman–Crippen MR) is 88.6 cm³/mol. The molecular formula is C16H20N2O3S. The van der Waals surface area contributed by atoms with Gasteiger partial charge < -0.3 is 14.5 Å². The average Bonchev–Trinajstić information content (AvgIpc) is 2.49. The van der Waals surface area contributed by atoms with E-state index in [4.69, 9.17) is 21.7 Å². The van der Waals surface area contributed by atoms with Crippen molar-refractivity contribution < 1.29 is 9.47 Å². The number of aromatic nitrogens is 2. The Balaban J connectivity index is 2.45. The SMILES string of the molecule is CCCOc1c(Cc2c(C)[nH]c(=S)[nH]c2=O)cccc1OC. The van der Waals surface area contributed by atoms with Crippen molar-refractivity contribution in [3.8, 4) is 11.5 Å². The van der Waals surface area contributed by atoms with Crippen LogP contribution in [-0.4, -0.2) is 23.7 Å². The second-order valence-electron chi connectivity index (χ2n) is 4.99. The Hall–Kier alpha value is -2.08. The number of methoxy groups -OCH3 is 1. The molecular weight excluding hydrogens is 300 g/mol. The summed E-state index contributed by atoms with van der Waals surface area (Å²) in [5.41, 5.74) is 2.14. The molecule has 0 aliphatic heterocycles. The Morgan fingerprint density at radius 1 is 1.27 bits per heavy atom. The number of aromatic amines is 2. The van der Waals surface area contributed by atoms with Gasteiger partial charge in [-0.3, -0.25) is 9.78 Å². The van der Waals surface area contributed by atoms with Gasteiger partial charge in [0.2, 0.25) is 0 Å². The normalized spacial score (nSPS) is 10.5. The third kappa shape index (κ3) is 3.57. The molecule has 1 aromatic carbocycles. The molecule has 0 saturated carbocycles. The van der Waals surface area contributed by atoms with Crippen LogP contribution in [0.5, 0.6) is 11.5 Å². The second-order valence-corrected chi connectivity index (χ2v) is 5.39. The van der Waals surface area contributed by atoms with Crippen LogP contribution >= 0.6 is 12.2 Å². The molecule has 22 heavy (non-hydrogen) atoms. The molecule has 0 radical (unpaired) electrons. The summed E-state index contributed by atoms with van der Waals surface area (Å²) in [4.78, 5) is 17.7. The monoisotopic (exact) mass is 320 g/mol. The summed E-state index contributed by atoms with van der Waals surface area (Å²) in [5.74, 6) is 1.36. The maximum absolute atomic E-state index is 12.1. The van der Waals surface area contributed by atoms with Crippen molar-refractivity contribution in [3.05, 3.63) is 50.1 Å². The van der Waals surface area contributed by atoms with Gasteiger partial charge in [-0.05, 0) is 31.6 Å². The molecule has 0 aliphatic carbocycles. The summed E-state index contributed by atoms with van der Waals surface area (Å²) in [5, 5.41) is 0. The highest BCUT2D eigenvalue weighted by atomic mass is 32.1. The number of benzene rings is 1. The first-order valence-corrected chi connectivity index (χ1v) is 7.58. The van der Waals surface area contributed by atoms with Gasteiger partial charge in [0.05, 0.1) is 13.7 Å². The molecule has 0 saturated heterocycles. The molecule has 0 fully saturated rings. The lowest BCUT2D eigenvalue weighted by Crippen LogP contribution is -2.17. The fraction of sp³-hybridized carbons (Fsp3) is 0.375. The lowest BCUT2D eigenvalue weighted by atomic mass is 10.0. The lowest BCUT2D eigenvalue weighted by Gasteiger charge is -2.15. The maximum atomic E-state index is 12.1. The van der Waals surface area contributed by atoms with Gasteiger partial charge in [-0.15, -0.1) is 0 Å². The number of para-hydroxylation sites is 1. The van der Waals surface area contributed by atoms with Crippen LogP contribution in [0.25, 0.3) is 0 Å². The molecule has 1 heterocycles. The van der Waals surface area contributed by atoms with E-state index in [1.54, 1.807) is 7.11 Å². The van der Waals surface area contributed by atoms with E-state index < -0.39 is 0 Å². The van der Waals surface area contributed by atoms with Crippen LogP contribution in [0, 0.1) is 11.7 Å². The van der Waals surface area contributed by atoms with E-state index in [9.17, 15) is 4.79 Å². The van der Waals surface area contributed by atoms with Crippen molar-refractivity contribution >= 4 is 12.2 Å². The van der Waals surface area contributed by atoms with Crippen molar-refractivity contribution in [3.63, 3.8) is 0 Å².